The van der Waals surface area contributed by atoms with Crippen LogP contribution >= 0.6 is 0 Å². The molecule has 1 saturated heterocycles. The molecule has 10 heavy (non-hydrogen) atoms. The van der Waals surface area contributed by atoms with Crippen LogP contribution in [0, 0.1) is 0 Å². The summed E-state index contributed by atoms with van der Waals surface area (Å²) in [6.07, 6.45) is 0. The molecule has 0 radical (unpaired) electrons. The van der Waals surface area contributed by atoms with Gasteiger partial charge in [0.25, 0.3) is 0 Å². The Hall–Kier alpha value is -0.340. The highest BCUT2D eigenvalue weighted by Crippen LogP contribution is 1.85. The Labute approximate surface area is 62.8 Å². The van der Waals surface area contributed by atoms with Gasteiger partial charge >= 0.3 is 0 Å². The van der Waals surface area contributed by atoms with Crippen LogP contribution < -0.4 is 0 Å². The average Bonchev–Trinajstić information content (AvgIpc) is 1.90. The topological polar surface area (TPSA) is 18.5 Å². The highest BCUT2D eigenvalue weighted by Gasteiger charge is 1.94. The lowest BCUT2D eigenvalue weighted by Gasteiger charge is -2.09. The minimum absolute atomic E-state index is 0.778. The van der Waals surface area contributed by atoms with E-state index < -0.39 is 0 Å². The maximum absolute atomic E-state index is 4.94. The normalized spacial score (nSPS) is 17.0. The van der Waals surface area contributed by atoms with E-state index >= 15 is 0 Å². The van der Waals surface area contributed by atoms with Crippen LogP contribution in [-0.4, -0.2) is 26.4 Å². The van der Waals surface area contributed by atoms with Crippen LogP contribution in [-0.2, 0) is 9.47 Å². The summed E-state index contributed by atoms with van der Waals surface area (Å²) < 4.78 is 9.89. The maximum atomic E-state index is 4.94. The fourth-order valence-electron chi connectivity index (χ4n) is 0.440. The van der Waals surface area contributed by atoms with Gasteiger partial charge in [-0.2, -0.15) is 0 Å². The van der Waals surface area contributed by atoms with Crippen molar-refractivity contribution in [3.8, 4) is 0 Å². The average molecular weight is 144 g/mol. The van der Waals surface area contributed by atoms with Crippen LogP contribution in [0.2, 0.25) is 0 Å². The molecule has 0 aromatic carbocycles. The summed E-state index contributed by atoms with van der Waals surface area (Å²) in [7, 11) is 0. The first-order chi connectivity index (χ1) is 4.73. The second-order valence-electron chi connectivity index (χ2n) is 2.43. The van der Waals surface area contributed by atoms with Crippen molar-refractivity contribution in [1.82, 2.24) is 0 Å². The minimum atomic E-state index is 0.778. The summed E-state index contributed by atoms with van der Waals surface area (Å²) in [6.45, 7) is 10.6. The smallest absolute Gasteiger partial charge is 0.0701 e. The molecule has 1 aliphatic heterocycles. The molecule has 2 nitrogen and oxygen atoms in total. The molecule has 1 heterocycles. The number of rotatable bonds is 0. The molecular weight excluding hydrogens is 128 g/mol. The van der Waals surface area contributed by atoms with Gasteiger partial charge in [0.15, 0.2) is 0 Å². The largest absolute Gasteiger partial charge is 0.377 e. The first-order valence-corrected chi connectivity index (χ1v) is 3.51. The van der Waals surface area contributed by atoms with Crippen LogP contribution in [0.4, 0.5) is 0 Å². The zero-order chi connectivity index (χ0) is 7.82. The molecule has 0 aromatic rings. The van der Waals surface area contributed by atoms with Crippen LogP contribution in [0.15, 0.2) is 12.2 Å². The molecule has 1 rings (SSSR count). The third-order valence-corrected chi connectivity index (χ3v) is 0.744. The Morgan fingerprint density at radius 1 is 1.00 bits per heavy atom. The monoisotopic (exact) mass is 144 g/mol. The van der Waals surface area contributed by atoms with Gasteiger partial charge in [0, 0.05) is 0 Å². The zero-order valence-corrected chi connectivity index (χ0v) is 6.85. The first kappa shape index (κ1) is 9.66. The highest BCUT2D eigenvalue weighted by atomic mass is 16.6. The van der Waals surface area contributed by atoms with E-state index in [1.165, 1.54) is 5.57 Å². The van der Waals surface area contributed by atoms with Crippen molar-refractivity contribution in [2.24, 2.45) is 0 Å². The quantitative estimate of drug-likeness (QED) is 0.481. The van der Waals surface area contributed by atoms with Crippen LogP contribution in [0.1, 0.15) is 13.8 Å². The predicted molar refractivity (Wildman–Crippen MR) is 42.1 cm³/mol. The third-order valence-electron chi connectivity index (χ3n) is 0.744. The van der Waals surface area contributed by atoms with E-state index in [0.717, 1.165) is 26.4 Å². The summed E-state index contributed by atoms with van der Waals surface area (Å²) in [4.78, 5) is 0. The van der Waals surface area contributed by atoms with E-state index in [0.29, 0.717) is 0 Å². The number of allylic oxidation sites excluding steroid dienone is 1. The minimum Gasteiger partial charge on any atom is -0.377 e. The van der Waals surface area contributed by atoms with Crippen molar-refractivity contribution < 1.29 is 9.47 Å². The van der Waals surface area contributed by atoms with E-state index in [1.807, 2.05) is 13.8 Å². The number of ether oxygens (including phenoxy) is 2. The van der Waals surface area contributed by atoms with Gasteiger partial charge < -0.3 is 9.47 Å². The van der Waals surface area contributed by atoms with Crippen molar-refractivity contribution in [1.29, 1.82) is 0 Å². The zero-order valence-electron chi connectivity index (χ0n) is 6.85. The molecule has 0 spiro atoms. The molecule has 0 atom stereocenters. The molecule has 1 aliphatic rings. The van der Waals surface area contributed by atoms with Crippen molar-refractivity contribution >= 4 is 0 Å². The second-order valence-corrected chi connectivity index (χ2v) is 2.43. The second kappa shape index (κ2) is 6.78. The van der Waals surface area contributed by atoms with Gasteiger partial charge in [0.05, 0.1) is 26.4 Å². The predicted octanol–water partition coefficient (Wildman–Crippen LogP) is 1.62. The van der Waals surface area contributed by atoms with E-state index in [4.69, 9.17) is 9.47 Å². The Kier molecular flexibility index (Phi) is 6.55. The highest BCUT2D eigenvalue weighted by molar-refractivity contribution is 4.78. The van der Waals surface area contributed by atoms with E-state index in [1.54, 1.807) is 0 Å². The maximum Gasteiger partial charge on any atom is 0.0701 e. The van der Waals surface area contributed by atoms with Gasteiger partial charge in [-0.25, -0.2) is 0 Å². The Morgan fingerprint density at radius 2 is 1.20 bits per heavy atom. The Morgan fingerprint density at radius 3 is 1.30 bits per heavy atom. The van der Waals surface area contributed by atoms with E-state index in [-0.39, 0.29) is 0 Å². The fraction of sp³-hybridized carbons (Fsp3) is 0.750. The van der Waals surface area contributed by atoms with Gasteiger partial charge in [0.1, 0.15) is 0 Å². The van der Waals surface area contributed by atoms with Gasteiger partial charge in [-0.15, -0.1) is 6.58 Å². The summed E-state index contributed by atoms with van der Waals surface area (Å²) in [5, 5.41) is 0. The van der Waals surface area contributed by atoms with Crippen LogP contribution in [0.3, 0.4) is 0 Å². The summed E-state index contributed by atoms with van der Waals surface area (Å²) in [5.74, 6) is 0. The lowest BCUT2D eigenvalue weighted by atomic mass is 10.4. The molecule has 0 aliphatic carbocycles. The Balaban J connectivity index is 0.000000180. The molecule has 0 unspecified atom stereocenters. The summed E-state index contributed by atoms with van der Waals surface area (Å²) in [6, 6.07) is 0. The third kappa shape index (κ3) is 10.6. The van der Waals surface area contributed by atoms with E-state index in [2.05, 4.69) is 6.58 Å². The molecular formula is C8H16O2. The van der Waals surface area contributed by atoms with Gasteiger partial charge in [0.2, 0.25) is 0 Å². The fourth-order valence-corrected chi connectivity index (χ4v) is 0.440. The van der Waals surface area contributed by atoms with Crippen molar-refractivity contribution in [2.75, 3.05) is 26.4 Å². The molecule has 0 bridgehead atoms. The molecule has 0 N–H and O–H groups in total. The Bertz CT molecular complexity index is 69.7. The van der Waals surface area contributed by atoms with Crippen molar-refractivity contribution in [2.45, 2.75) is 13.8 Å². The summed E-state index contributed by atoms with van der Waals surface area (Å²) >= 11 is 0. The molecule has 2 heteroatoms. The van der Waals surface area contributed by atoms with Gasteiger partial charge in [-0.05, 0) is 13.8 Å². The lowest BCUT2D eigenvalue weighted by Crippen LogP contribution is -2.16. The molecule has 1 fully saturated rings. The molecule has 0 aromatic heterocycles. The molecule has 0 amide bonds. The molecule has 60 valence electrons. The van der Waals surface area contributed by atoms with Crippen LogP contribution in [0.25, 0.3) is 0 Å². The SMILES string of the molecule is C1COCCO1.C=C(C)C. The van der Waals surface area contributed by atoms with Crippen molar-refractivity contribution in [3.63, 3.8) is 0 Å². The van der Waals surface area contributed by atoms with Gasteiger partial charge in [-0.3, -0.25) is 0 Å². The number of hydrogen-bond acceptors (Lipinski definition) is 2. The standard InChI is InChI=1S/C4H8O2.C4H8/c1-2-6-4-3-5-1;1-4(2)3/h1-4H2;1H2,2-3H3. The summed E-state index contributed by atoms with van der Waals surface area (Å²) in [5.41, 5.74) is 1.17. The molecule has 0 saturated carbocycles. The van der Waals surface area contributed by atoms with Gasteiger partial charge in [-0.1, -0.05) is 5.57 Å². The van der Waals surface area contributed by atoms with Crippen LogP contribution in [0.5, 0.6) is 0 Å². The lowest BCUT2D eigenvalue weighted by molar-refractivity contribution is -0.0334. The van der Waals surface area contributed by atoms with E-state index in [9.17, 15) is 0 Å². The number of hydrogen-bond donors (Lipinski definition) is 0. The van der Waals surface area contributed by atoms with Crippen molar-refractivity contribution in [3.05, 3.63) is 12.2 Å². The first-order valence-electron chi connectivity index (χ1n) is 3.51.